The van der Waals surface area contributed by atoms with Crippen molar-refractivity contribution in [3.8, 4) is 0 Å². The Labute approximate surface area is 103 Å². The van der Waals surface area contributed by atoms with E-state index in [1.807, 2.05) is 0 Å². The average Bonchev–Trinajstić information content (AvgIpc) is 2.69. The molecule has 92 valence electrons. The van der Waals surface area contributed by atoms with E-state index in [-0.39, 0.29) is 5.41 Å². The van der Waals surface area contributed by atoms with Crippen LogP contribution in [0.25, 0.3) is 0 Å². The molecule has 0 aliphatic rings. The van der Waals surface area contributed by atoms with Gasteiger partial charge in [-0.25, -0.2) is 0 Å². The number of hydrogen-bond donors (Lipinski definition) is 1. The zero-order chi connectivity index (χ0) is 12.3. The van der Waals surface area contributed by atoms with Crippen molar-refractivity contribution in [3.63, 3.8) is 0 Å². The van der Waals surface area contributed by atoms with Gasteiger partial charge in [0.2, 0.25) is 0 Å². The summed E-state index contributed by atoms with van der Waals surface area (Å²) in [6, 6.07) is 3.01. The summed E-state index contributed by atoms with van der Waals surface area (Å²) in [6.07, 6.45) is 0. The summed E-state index contributed by atoms with van der Waals surface area (Å²) in [4.78, 5) is 2.39. The number of nitrogens with zero attached hydrogens (tertiary/aromatic N) is 1. The molecule has 16 heavy (non-hydrogen) atoms. The number of thiophene rings is 1. The van der Waals surface area contributed by atoms with Crippen molar-refractivity contribution in [2.45, 2.75) is 39.8 Å². The second-order valence-electron chi connectivity index (χ2n) is 5.52. The normalized spacial score (nSPS) is 16.4. The van der Waals surface area contributed by atoms with Crippen molar-refractivity contribution in [2.24, 2.45) is 11.1 Å². The van der Waals surface area contributed by atoms with E-state index in [1.54, 1.807) is 11.3 Å². The highest BCUT2D eigenvalue weighted by molar-refractivity contribution is 7.07. The summed E-state index contributed by atoms with van der Waals surface area (Å²) in [5.74, 6) is 0. The Morgan fingerprint density at radius 1 is 1.44 bits per heavy atom. The molecule has 0 amide bonds. The highest BCUT2D eigenvalue weighted by Gasteiger charge is 2.28. The first-order valence-electron chi connectivity index (χ1n) is 5.82. The maximum absolute atomic E-state index is 5.91. The SMILES string of the molecule is CC(N(C)C(CN)c1ccsc1)C(C)(C)C. The van der Waals surface area contributed by atoms with Crippen LogP contribution in [0.15, 0.2) is 16.8 Å². The van der Waals surface area contributed by atoms with E-state index in [2.05, 4.69) is 56.5 Å². The van der Waals surface area contributed by atoms with Gasteiger partial charge in [-0.1, -0.05) is 20.8 Å². The lowest BCUT2D eigenvalue weighted by molar-refractivity contribution is 0.100. The molecule has 2 unspecified atom stereocenters. The Balaban J connectivity index is 2.82. The largest absolute Gasteiger partial charge is 0.329 e. The molecule has 2 N–H and O–H groups in total. The minimum absolute atomic E-state index is 0.276. The molecule has 0 aromatic carbocycles. The third-order valence-electron chi connectivity index (χ3n) is 3.51. The van der Waals surface area contributed by atoms with Gasteiger partial charge < -0.3 is 5.73 Å². The van der Waals surface area contributed by atoms with Crippen LogP contribution in [-0.4, -0.2) is 24.5 Å². The highest BCUT2D eigenvalue weighted by atomic mass is 32.1. The summed E-state index contributed by atoms with van der Waals surface area (Å²) in [5.41, 5.74) is 7.52. The first kappa shape index (κ1) is 13.7. The minimum Gasteiger partial charge on any atom is -0.329 e. The maximum Gasteiger partial charge on any atom is 0.0478 e. The molecule has 1 rings (SSSR count). The molecule has 0 spiro atoms. The van der Waals surface area contributed by atoms with Gasteiger partial charge in [0.15, 0.2) is 0 Å². The van der Waals surface area contributed by atoms with Crippen LogP contribution in [0.4, 0.5) is 0 Å². The van der Waals surface area contributed by atoms with Gasteiger partial charge in [-0.3, -0.25) is 4.90 Å². The van der Waals surface area contributed by atoms with Gasteiger partial charge in [-0.15, -0.1) is 0 Å². The highest BCUT2D eigenvalue weighted by Crippen LogP contribution is 2.30. The van der Waals surface area contributed by atoms with Crippen LogP contribution in [0.5, 0.6) is 0 Å². The lowest BCUT2D eigenvalue weighted by atomic mass is 9.86. The minimum atomic E-state index is 0.276. The lowest BCUT2D eigenvalue weighted by Gasteiger charge is -2.39. The number of hydrogen-bond acceptors (Lipinski definition) is 3. The van der Waals surface area contributed by atoms with E-state index in [9.17, 15) is 0 Å². The Bertz CT molecular complexity index is 300. The summed E-state index contributed by atoms with van der Waals surface area (Å²) in [7, 11) is 2.17. The first-order chi connectivity index (χ1) is 7.38. The van der Waals surface area contributed by atoms with Crippen molar-refractivity contribution in [2.75, 3.05) is 13.6 Å². The van der Waals surface area contributed by atoms with Crippen molar-refractivity contribution < 1.29 is 0 Å². The number of nitrogens with two attached hydrogens (primary N) is 1. The van der Waals surface area contributed by atoms with E-state index >= 15 is 0 Å². The van der Waals surface area contributed by atoms with Gasteiger partial charge in [-0.2, -0.15) is 11.3 Å². The molecular formula is C13H24N2S. The fraction of sp³-hybridized carbons (Fsp3) is 0.692. The van der Waals surface area contributed by atoms with Crippen LogP contribution in [0.1, 0.15) is 39.3 Å². The molecule has 0 bridgehead atoms. The molecule has 1 aromatic rings. The fourth-order valence-corrected chi connectivity index (χ4v) is 2.59. The van der Waals surface area contributed by atoms with Crippen molar-refractivity contribution >= 4 is 11.3 Å². The smallest absolute Gasteiger partial charge is 0.0478 e. The Kier molecular flexibility index (Phi) is 4.53. The second-order valence-corrected chi connectivity index (χ2v) is 6.30. The van der Waals surface area contributed by atoms with Crippen LogP contribution in [0.3, 0.4) is 0 Å². The zero-order valence-corrected chi connectivity index (χ0v) is 11.8. The first-order valence-corrected chi connectivity index (χ1v) is 6.76. The Morgan fingerprint density at radius 2 is 2.06 bits per heavy atom. The summed E-state index contributed by atoms with van der Waals surface area (Å²) in [6.45, 7) is 9.77. The molecule has 2 atom stereocenters. The molecule has 0 saturated heterocycles. The van der Waals surface area contributed by atoms with Crippen LogP contribution in [-0.2, 0) is 0 Å². The molecule has 3 heteroatoms. The van der Waals surface area contributed by atoms with Crippen molar-refractivity contribution in [1.82, 2.24) is 4.90 Å². The Hall–Kier alpha value is -0.380. The summed E-state index contributed by atoms with van der Waals surface area (Å²) >= 11 is 1.74. The molecule has 1 aromatic heterocycles. The van der Waals surface area contributed by atoms with E-state index in [0.717, 1.165) is 0 Å². The fourth-order valence-electron chi connectivity index (χ4n) is 1.88. The predicted octanol–water partition coefficient (Wildman–Crippen LogP) is 3.11. The third-order valence-corrected chi connectivity index (χ3v) is 4.21. The van der Waals surface area contributed by atoms with Crippen LogP contribution >= 0.6 is 11.3 Å². The number of rotatable bonds is 4. The van der Waals surface area contributed by atoms with E-state index in [1.165, 1.54) is 5.56 Å². The van der Waals surface area contributed by atoms with Gasteiger partial charge in [0, 0.05) is 18.6 Å². The van der Waals surface area contributed by atoms with Gasteiger partial charge in [0.05, 0.1) is 0 Å². The van der Waals surface area contributed by atoms with E-state index in [0.29, 0.717) is 18.6 Å². The molecule has 0 aliphatic carbocycles. The third kappa shape index (κ3) is 3.06. The predicted molar refractivity (Wildman–Crippen MR) is 72.8 cm³/mol. The van der Waals surface area contributed by atoms with Gasteiger partial charge >= 0.3 is 0 Å². The second kappa shape index (κ2) is 5.30. The maximum atomic E-state index is 5.91. The molecule has 0 radical (unpaired) electrons. The van der Waals surface area contributed by atoms with Crippen LogP contribution < -0.4 is 5.73 Å². The molecule has 1 heterocycles. The zero-order valence-electron chi connectivity index (χ0n) is 11.0. The van der Waals surface area contributed by atoms with Crippen LogP contribution in [0, 0.1) is 5.41 Å². The topological polar surface area (TPSA) is 29.3 Å². The van der Waals surface area contributed by atoms with Crippen molar-refractivity contribution in [1.29, 1.82) is 0 Å². The van der Waals surface area contributed by atoms with Gasteiger partial charge in [0.1, 0.15) is 0 Å². The van der Waals surface area contributed by atoms with E-state index < -0.39 is 0 Å². The van der Waals surface area contributed by atoms with Gasteiger partial charge in [-0.05, 0) is 41.8 Å². The molecule has 0 fully saturated rings. The Morgan fingerprint density at radius 3 is 2.44 bits per heavy atom. The van der Waals surface area contributed by atoms with Crippen molar-refractivity contribution in [3.05, 3.63) is 22.4 Å². The average molecular weight is 240 g/mol. The lowest BCUT2D eigenvalue weighted by Crippen LogP contribution is -2.43. The van der Waals surface area contributed by atoms with Gasteiger partial charge in [0.25, 0.3) is 0 Å². The number of likely N-dealkylation sites (N-methyl/N-ethyl adjacent to an activating group) is 1. The molecule has 0 aliphatic heterocycles. The van der Waals surface area contributed by atoms with Crippen LogP contribution in [0.2, 0.25) is 0 Å². The quantitative estimate of drug-likeness (QED) is 0.876. The molecule has 0 saturated carbocycles. The molecular weight excluding hydrogens is 216 g/mol. The summed E-state index contributed by atoms with van der Waals surface area (Å²) in [5, 5.41) is 4.32. The standard InChI is InChI=1S/C13H24N2S/c1-10(13(2,3)4)15(5)12(8-14)11-6-7-16-9-11/h6-7,9-10,12H,8,14H2,1-5H3. The molecule has 2 nitrogen and oxygen atoms in total. The summed E-state index contributed by atoms with van der Waals surface area (Å²) < 4.78 is 0. The monoisotopic (exact) mass is 240 g/mol. The van der Waals surface area contributed by atoms with E-state index in [4.69, 9.17) is 5.73 Å².